The molecule has 0 fully saturated rings. The molecule has 19 heavy (non-hydrogen) atoms. The van der Waals surface area contributed by atoms with Crippen LogP contribution in [0.25, 0.3) is 11.1 Å². The van der Waals surface area contributed by atoms with Gasteiger partial charge in [-0.25, -0.2) is 4.79 Å². The second-order valence-corrected chi connectivity index (χ2v) is 4.18. The first-order valence-corrected chi connectivity index (χ1v) is 5.84. The number of nitrogens with zero attached hydrogens (tertiary/aromatic N) is 2. The third kappa shape index (κ3) is 3.14. The van der Waals surface area contributed by atoms with Gasteiger partial charge in [-0.2, -0.15) is 4.98 Å². The summed E-state index contributed by atoms with van der Waals surface area (Å²) < 4.78 is 5.54. The van der Waals surface area contributed by atoms with Crippen molar-refractivity contribution < 1.29 is 14.3 Å². The van der Waals surface area contributed by atoms with Crippen LogP contribution in [0.3, 0.4) is 0 Å². The van der Waals surface area contributed by atoms with Crippen molar-refractivity contribution in [2.45, 2.75) is 0 Å². The minimum absolute atomic E-state index is 0.0965. The molecule has 0 saturated carbocycles. The van der Waals surface area contributed by atoms with Gasteiger partial charge in [0.2, 0.25) is 0 Å². The zero-order valence-corrected chi connectivity index (χ0v) is 10.8. The van der Waals surface area contributed by atoms with E-state index in [4.69, 9.17) is 9.52 Å². The molecule has 0 aliphatic heterocycles. The average molecular weight is 264 g/mol. The predicted octanol–water partition coefficient (Wildman–Crippen LogP) is 1.01. The van der Waals surface area contributed by atoms with Crippen LogP contribution in [0.2, 0.25) is 0 Å². The van der Waals surface area contributed by atoms with E-state index in [0.717, 1.165) is 5.52 Å². The summed E-state index contributed by atoms with van der Waals surface area (Å²) in [6.45, 7) is 0.113. The number of aromatic nitrogens is 1. The number of hydrogen-bond donors (Lipinski definition) is 3. The van der Waals surface area contributed by atoms with Crippen LogP contribution < -0.4 is 15.5 Å². The van der Waals surface area contributed by atoms with Gasteiger partial charge in [0.1, 0.15) is 5.52 Å². The van der Waals surface area contributed by atoms with Gasteiger partial charge in [-0.1, -0.05) is 0 Å². The van der Waals surface area contributed by atoms with Crippen LogP contribution in [0.5, 0.6) is 0 Å². The van der Waals surface area contributed by atoms with E-state index in [0.29, 0.717) is 17.3 Å². The topological polar surface area (TPSA) is 90.6 Å². The summed E-state index contributed by atoms with van der Waals surface area (Å²) in [5.41, 5.74) is 1.93. The van der Waals surface area contributed by atoms with E-state index in [-0.39, 0.29) is 19.2 Å². The summed E-state index contributed by atoms with van der Waals surface area (Å²) in [5, 5.41) is 13.7. The highest BCUT2D eigenvalue weighted by Gasteiger charge is 2.09. The van der Waals surface area contributed by atoms with Crippen LogP contribution in [0.1, 0.15) is 0 Å². The number of aliphatic hydroxyl groups is 1. The third-order valence-corrected chi connectivity index (χ3v) is 2.41. The summed E-state index contributed by atoms with van der Waals surface area (Å²) in [6.07, 6.45) is 0. The summed E-state index contributed by atoms with van der Waals surface area (Å²) >= 11 is 0. The molecule has 2 aromatic rings. The first-order valence-electron chi connectivity index (χ1n) is 5.84. The second-order valence-electron chi connectivity index (χ2n) is 4.18. The Morgan fingerprint density at radius 3 is 2.95 bits per heavy atom. The number of carbonyl (C=O) groups is 1. The van der Waals surface area contributed by atoms with Crippen LogP contribution >= 0.6 is 0 Å². The van der Waals surface area contributed by atoms with Gasteiger partial charge in [-0.15, -0.1) is 0 Å². The number of benzene rings is 1. The van der Waals surface area contributed by atoms with Gasteiger partial charge in [0.15, 0.2) is 5.58 Å². The van der Waals surface area contributed by atoms with Crippen molar-refractivity contribution in [3.05, 3.63) is 18.2 Å². The Bertz CT molecular complexity index is 579. The zero-order valence-electron chi connectivity index (χ0n) is 10.8. The number of urea groups is 1. The summed E-state index contributed by atoms with van der Waals surface area (Å²) in [5.74, 6) is 0. The molecule has 2 amide bonds. The Morgan fingerprint density at radius 1 is 1.47 bits per heavy atom. The van der Waals surface area contributed by atoms with Crippen LogP contribution in [0.4, 0.5) is 16.5 Å². The maximum Gasteiger partial charge on any atom is 0.319 e. The molecule has 1 aromatic carbocycles. The number of aliphatic hydroxyl groups excluding tert-OH is 1. The average Bonchev–Trinajstić information content (AvgIpc) is 2.79. The summed E-state index contributed by atoms with van der Waals surface area (Å²) in [7, 11) is 3.68. The number of amides is 2. The first kappa shape index (κ1) is 13.2. The highest BCUT2D eigenvalue weighted by molar-refractivity contribution is 5.91. The number of fused-ring (bicyclic) bond motifs is 1. The second kappa shape index (κ2) is 5.57. The normalized spacial score (nSPS) is 10.5. The molecular weight excluding hydrogens is 248 g/mol. The molecule has 0 aliphatic rings. The van der Waals surface area contributed by atoms with Crippen LogP contribution in [0.15, 0.2) is 22.6 Å². The monoisotopic (exact) mass is 264 g/mol. The Labute approximate surface area is 110 Å². The fourth-order valence-corrected chi connectivity index (χ4v) is 1.53. The lowest BCUT2D eigenvalue weighted by Gasteiger charge is -2.05. The molecule has 2 rings (SSSR count). The van der Waals surface area contributed by atoms with E-state index < -0.39 is 0 Å². The van der Waals surface area contributed by atoms with Gasteiger partial charge < -0.3 is 25.1 Å². The maximum absolute atomic E-state index is 11.4. The lowest BCUT2D eigenvalue weighted by Crippen LogP contribution is -2.30. The van der Waals surface area contributed by atoms with Crippen LogP contribution in [-0.2, 0) is 0 Å². The molecule has 0 bridgehead atoms. The molecule has 0 radical (unpaired) electrons. The predicted molar refractivity (Wildman–Crippen MR) is 72.4 cm³/mol. The van der Waals surface area contributed by atoms with Crippen LogP contribution in [0, 0.1) is 0 Å². The Balaban J connectivity index is 2.14. The van der Waals surface area contributed by atoms with E-state index in [1.54, 1.807) is 23.1 Å². The Morgan fingerprint density at radius 2 is 2.26 bits per heavy atom. The fraction of sp³-hybridized carbons (Fsp3) is 0.333. The molecule has 0 unspecified atom stereocenters. The molecule has 1 heterocycles. The minimum Gasteiger partial charge on any atom is -0.423 e. The number of rotatable bonds is 4. The molecule has 0 aliphatic carbocycles. The van der Waals surface area contributed by atoms with Crippen LogP contribution in [-0.4, -0.2) is 43.4 Å². The minimum atomic E-state index is -0.374. The number of nitrogens with one attached hydrogen (secondary N) is 2. The molecule has 7 heteroatoms. The third-order valence-electron chi connectivity index (χ3n) is 2.41. The smallest absolute Gasteiger partial charge is 0.319 e. The van der Waals surface area contributed by atoms with Crippen molar-refractivity contribution >= 4 is 28.8 Å². The van der Waals surface area contributed by atoms with Gasteiger partial charge in [0.25, 0.3) is 6.01 Å². The van der Waals surface area contributed by atoms with Gasteiger partial charge in [0, 0.05) is 32.4 Å². The lowest BCUT2D eigenvalue weighted by molar-refractivity contribution is 0.245. The molecule has 7 nitrogen and oxygen atoms in total. The van der Waals surface area contributed by atoms with Crippen molar-refractivity contribution in [3.8, 4) is 0 Å². The SMILES string of the molecule is CN(C)c1nc2ccc(NC(=O)NCCO)cc2o1. The molecule has 102 valence electrons. The number of hydrogen-bond acceptors (Lipinski definition) is 5. The van der Waals surface area contributed by atoms with E-state index in [1.165, 1.54) is 0 Å². The molecule has 0 spiro atoms. The molecule has 0 saturated heterocycles. The summed E-state index contributed by atoms with van der Waals surface area (Å²) in [6, 6.07) is 5.35. The largest absolute Gasteiger partial charge is 0.423 e. The van der Waals surface area contributed by atoms with Crippen molar-refractivity contribution in [1.29, 1.82) is 0 Å². The molecule has 0 atom stereocenters. The van der Waals surface area contributed by atoms with E-state index in [9.17, 15) is 4.79 Å². The first-order chi connectivity index (χ1) is 9.10. The van der Waals surface area contributed by atoms with Gasteiger partial charge >= 0.3 is 6.03 Å². The van der Waals surface area contributed by atoms with Gasteiger partial charge in [0.05, 0.1) is 6.61 Å². The van der Waals surface area contributed by atoms with Crippen molar-refractivity contribution in [3.63, 3.8) is 0 Å². The highest BCUT2D eigenvalue weighted by atomic mass is 16.4. The Hall–Kier alpha value is -2.28. The van der Waals surface area contributed by atoms with Crippen molar-refractivity contribution in [2.24, 2.45) is 0 Å². The quantitative estimate of drug-likeness (QED) is 0.766. The maximum atomic E-state index is 11.4. The fourth-order valence-electron chi connectivity index (χ4n) is 1.53. The number of carbonyl (C=O) groups excluding carboxylic acids is 1. The highest BCUT2D eigenvalue weighted by Crippen LogP contribution is 2.23. The standard InChI is InChI=1S/C12H16N4O3/c1-16(2)12-15-9-4-3-8(7-10(9)19-12)14-11(18)13-5-6-17/h3-4,7,17H,5-6H2,1-2H3,(H2,13,14,18). The number of oxazole rings is 1. The van der Waals surface area contributed by atoms with E-state index >= 15 is 0 Å². The van der Waals surface area contributed by atoms with E-state index in [2.05, 4.69) is 15.6 Å². The molecular formula is C12H16N4O3. The van der Waals surface area contributed by atoms with Crippen molar-refractivity contribution in [1.82, 2.24) is 10.3 Å². The Kier molecular flexibility index (Phi) is 3.86. The molecule has 1 aromatic heterocycles. The van der Waals surface area contributed by atoms with Gasteiger partial charge in [-0.05, 0) is 12.1 Å². The zero-order chi connectivity index (χ0) is 13.8. The molecule has 3 N–H and O–H groups in total. The van der Waals surface area contributed by atoms with E-state index in [1.807, 2.05) is 14.1 Å². The lowest BCUT2D eigenvalue weighted by atomic mass is 10.3. The summed E-state index contributed by atoms with van der Waals surface area (Å²) in [4.78, 5) is 17.5. The van der Waals surface area contributed by atoms with Crippen molar-refractivity contribution in [2.75, 3.05) is 37.5 Å². The van der Waals surface area contributed by atoms with Gasteiger partial charge in [-0.3, -0.25) is 0 Å². The number of anilines is 2.